The van der Waals surface area contributed by atoms with Gasteiger partial charge in [0.2, 0.25) is 5.91 Å². The molecule has 0 aliphatic heterocycles. The Labute approximate surface area is 128 Å². The topological polar surface area (TPSA) is 132 Å². The van der Waals surface area contributed by atoms with Crippen LogP contribution in [0.15, 0.2) is 23.2 Å². The van der Waals surface area contributed by atoms with Gasteiger partial charge in [0.25, 0.3) is 0 Å². The number of nitrogens with zero attached hydrogens (tertiary/aromatic N) is 1. The van der Waals surface area contributed by atoms with E-state index < -0.39 is 0 Å². The molecule has 0 atom stereocenters. The lowest BCUT2D eigenvalue weighted by molar-refractivity contribution is -0.115. The first-order chi connectivity index (χ1) is 10.4. The fourth-order valence-corrected chi connectivity index (χ4v) is 1.70. The van der Waals surface area contributed by atoms with Gasteiger partial charge < -0.3 is 26.8 Å². The molecule has 0 heterocycles. The van der Waals surface area contributed by atoms with Crippen LogP contribution >= 0.6 is 0 Å². The van der Waals surface area contributed by atoms with Crippen molar-refractivity contribution in [3.05, 3.63) is 23.8 Å². The smallest absolute Gasteiger partial charge is 0.238 e. The highest BCUT2D eigenvalue weighted by Gasteiger charge is 2.11. The van der Waals surface area contributed by atoms with Gasteiger partial charge in [-0.05, 0) is 32.2 Å². The molecule has 0 unspecified atom stereocenters. The highest BCUT2D eigenvalue weighted by atomic mass is 16.5. The Morgan fingerprint density at radius 2 is 2.05 bits per heavy atom. The Kier molecular flexibility index (Phi) is 6.84. The highest BCUT2D eigenvalue weighted by molar-refractivity contribution is 5.99. The maximum atomic E-state index is 11.7. The van der Waals surface area contributed by atoms with Crippen LogP contribution in [0.25, 0.3) is 0 Å². The van der Waals surface area contributed by atoms with Crippen molar-refractivity contribution >= 4 is 23.3 Å². The number of rotatable bonds is 8. The quantitative estimate of drug-likeness (QED) is 0.226. The van der Waals surface area contributed by atoms with Crippen molar-refractivity contribution in [2.24, 2.45) is 16.5 Å². The highest BCUT2D eigenvalue weighted by Crippen LogP contribution is 2.23. The molecule has 0 saturated heterocycles. The number of amides is 1. The number of nitrogens with one attached hydrogen (secondary N) is 2. The second-order valence-electron chi connectivity index (χ2n) is 4.50. The van der Waals surface area contributed by atoms with Crippen LogP contribution in [0.3, 0.4) is 0 Å². The molecule has 1 rings (SSSR count). The average Bonchev–Trinajstić information content (AvgIpc) is 2.44. The normalized spacial score (nSPS) is 9.91. The van der Waals surface area contributed by atoms with E-state index in [0.29, 0.717) is 23.5 Å². The molecule has 0 aliphatic rings. The lowest BCUT2D eigenvalue weighted by Gasteiger charge is -2.11. The van der Waals surface area contributed by atoms with Crippen molar-refractivity contribution in [2.75, 3.05) is 32.1 Å². The number of benzene rings is 1. The summed E-state index contributed by atoms with van der Waals surface area (Å²) < 4.78 is 5.49. The Bertz CT molecular complexity index is 568. The van der Waals surface area contributed by atoms with E-state index in [1.165, 1.54) is 6.92 Å². The van der Waals surface area contributed by atoms with Gasteiger partial charge in [-0.3, -0.25) is 14.6 Å². The third-order valence-electron chi connectivity index (χ3n) is 2.62. The first-order valence-electron chi connectivity index (χ1n) is 6.71. The zero-order valence-electron chi connectivity index (χ0n) is 12.7. The molecule has 8 nitrogen and oxygen atoms in total. The van der Waals surface area contributed by atoms with Crippen LogP contribution in [0.4, 0.5) is 5.69 Å². The predicted octanol–water partition coefficient (Wildman–Crippen LogP) is -0.301. The summed E-state index contributed by atoms with van der Waals surface area (Å²) in [4.78, 5) is 27.0. The van der Waals surface area contributed by atoms with Gasteiger partial charge in [0.05, 0.1) is 18.7 Å². The van der Waals surface area contributed by atoms with E-state index in [1.807, 2.05) is 0 Å². The van der Waals surface area contributed by atoms with E-state index in [1.54, 1.807) is 25.2 Å². The van der Waals surface area contributed by atoms with Crippen molar-refractivity contribution in [3.63, 3.8) is 0 Å². The van der Waals surface area contributed by atoms with Crippen LogP contribution in [-0.4, -0.2) is 44.4 Å². The van der Waals surface area contributed by atoms with Gasteiger partial charge in [0.1, 0.15) is 12.4 Å². The van der Waals surface area contributed by atoms with E-state index in [-0.39, 0.29) is 30.8 Å². The number of aliphatic imine (C=N–C) groups is 1. The van der Waals surface area contributed by atoms with E-state index in [0.717, 1.165) is 0 Å². The third kappa shape index (κ3) is 5.80. The molecule has 0 aliphatic carbocycles. The summed E-state index contributed by atoms with van der Waals surface area (Å²) in [5, 5.41) is 5.43. The number of hydrogen-bond donors (Lipinski definition) is 4. The molecule has 22 heavy (non-hydrogen) atoms. The molecule has 1 amide bonds. The van der Waals surface area contributed by atoms with Crippen LogP contribution in [0.2, 0.25) is 0 Å². The van der Waals surface area contributed by atoms with Gasteiger partial charge in [0.15, 0.2) is 11.7 Å². The lowest BCUT2D eigenvalue weighted by Crippen LogP contribution is -2.25. The van der Waals surface area contributed by atoms with Crippen molar-refractivity contribution in [2.45, 2.75) is 6.92 Å². The molecule has 6 N–H and O–H groups in total. The Balaban J connectivity index is 2.79. The molecule has 0 bridgehead atoms. The zero-order chi connectivity index (χ0) is 16.5. The Morgan fingerprint density at radius 3 is 2.64 bits per heavy atom. The van der Waals surface area contributed by atoms with Gasteiger partial charge >= 0.3 is 0 Å². The van der Waals surface area contributed by atoms with Crippen molar-refractivity contribution < 1.29 is 14.3 Å². The van der Waals surface area contributed by atoms with E-state index in [9.17, 15) is 9.59 Å². The molecular formula is C14H21N5O3. The number of carbonyl (C=O) groups excluding carboxylic acids is 2. The molecule has 0 radical (unpaired) electrons. The van der Waals surface area contributed by atoms with Gasteiger partial charge in [-0.2, -0.15) is 0 Å². The number of likely N-dealkylation sites (N-methyl/N-ethyl adjacent to an activating group) is 1. The second-order valence-corrected chi connectivity index (χ2v) is 4.50. The number of carbonyl (C=O) groups is 2. The molecule has 0 saturated carbocycles. The molecule has 1 aromatic carbocycles. The number of nitrogens with two attached hydrogens (primary N) is 2. The summed E-state index contributed by atoms with van der Waals surface area (Å²) in [6, 6.07) is 4.86. The van der Waals surface area contributed by atoms with Crippen molar-refractivity contribution in [1.29, 1.82) is 0 Å². The summed E-state index contributed by atoms with van der Waals surface area (Å²) in [5.41, 5.74) is 11.3. The maximum Gasteiger partial charge on any atom is 0.238 e. The van der Waals surface area contributed by atoms with Crippen molar-refractivity contribution in [1.82, 2.24) is 5.32 Å². The standard InChI is InChI=1S/C14H21N5O3/c1-9(20)11-7-10(19-13(21)8-17-2)3-4-12(11)22-6-5-18-14(15)16/h3-4,7,17H,5-6,8H2,1-2H3,(H,19,21)(H4,15,16,18). The third-order valence-corrected chi connectivity index (χ3v) is 2.62. The van der Waals surface area contributed by atoms with Gasteiger partial charge in [0, 0.05) is 5.69 Å². The average molecular weight is 307 g/mol. The summed E-state index contributed by atoms with van der Waals surface area (Å²) in [6.45, 7) is 2.15. The minimum Gasteiger partial charge on any atom is -0.491 e. The minimum absolute atomic E-state index is 0.0158. The van der Waals surface area contributed by atoms with Gasteiger partial charge in [-0.15, -0.1) is 0 Å². The van der Waals surface area contributed by atoms with Crippen molar-refractivity contribution in [3.8, 4) is 5.75 Å². The number of ketones is 1. The van der Waals surface area contributed by atoms with Gasteiger partial charge in [-0.25, -0.2) is 0 Å². The van der Waals surface area contributed by atoms with Crippen LogP contribution < -0.4 is 26.8 Å². The van der Waals surface area contributed by atoms with Crippen LogP contribution in [0.1, 0.15) is 17.3 Å². The van der Waals surface area contributed by atoms with Crippen LogP contribution in [0, 0.1) is 0 Å². The fourth-order valence-electron chi connectivity index (χ4n) is 1.70. The molecule has 1 aromatic rings. The van der Waals surface area contributed by atoms with Crippen LogP contribution in [0.5, 0.6) is 5.75 Å². The molecule has 120 valence electrons. The maximum absolute atomic E-state index is 11.7. The first-order valence-corrected chi connectivity index (χ1v) is 6.71. The van der Waals surface area contributed by atoms with E-state index in [2.05, 4.69) is 15.6 Å². The summed E-state index contributed by atoms with van der Waals surface area (Å²) in [6.07, 6.45) is 0. The molecule has 0 aromatic heterocycles. The summed E-state index contributed by atoms with van der Waals surface area (Å²) in [7, 11) is 1.67. The SMILES string of the molecule is CNCC(=O)Nc1ccc(OCCN=C(N)N)c(C(C)=O)c1. The largest absolute Gasteiger partial charge is 0.491 e. The van der Waals surface area contributed by atoms with E-state index >= 15 is 0 Å². The zero-order valence-corrected chi connectivity index (χ0v) is 12.7. The molecule has 0 spiro atoms. The van der Waals surface area contributed by atoms with Crippen LogP contribution in [-0.2, 0) is 4.79 Å². The number of ether oxygens (including phenoxy) is 1. The summed E-state index contributed by atoms with van der Waals surface area (Å²) in [5.74, 6) is 0.0443. The lowest BCUT2D eigenvalue weighted by atomic mass is 10.1. The second kappa shape index (κ2) is 8.63. The summed E-state index contributed by atoms with van der Waals surface area (Å²) >= 11 is 0. The number of guanidine groups is 1. The number of anilines is 1. The minimum atomic E-state index is -0.196. The Morgan fingerprint density at radius 1 is 1.32 bits per heavy atom. The monoisotopic (exact) mass is 307 g/mol. The first kappa shape index (κ1) is 17.4. The predicted molar refractivity (Wildman–Crippen MR) is 85.2 cm³/mol. The Hall–Kier alpha value is -2.61. The number of Topliss-reactive ketones (excluding diaryl/α,β-unsaturated/α-hetero) is 1. The molecule has 8 heteroatoms. The molecular weight excluding hydrogens is 286 g/mol. The number of hydrogen-bond acceptors (Lipinski definition) is 5. The molecule has 0 fully saturated rings. The van der Waals surface area contributed by atoms with E-state index in [4.69, 9.17) is 16.2 Å². The fraction of sp³-hybridized carbons (Fsp3) is 0.357. The van der Waals surface area contributed by atoms with Gasteiger partial charge in [-0.1, -0.05) is 0 Å².